The van der Waals surface area contributed by atoms with Crippen LogP contribution in [0.2, 0.25) is 0 Å². The van der Waals surface area contributed by atoms with Gasteiger partial charge in [0.15, 0.2) is 0 Å². The van der Waals surface area contributed by atoms with E-state index in [1.165, 1.54) is 25.7 Å². The van der Waals surface area contributed by atoms with Crippen LogP contribution in [-0.2, 0) is 4.74 Å². The number of nitrogens with one attached hydrogen (secondary N) is 1. The van der Waals surface area contributed by atoms with Gasteiger partial charge in [-0.15, -0.1) is 0 Å². The van der Waals surface area contributed by atoms with E-state index in [9.17, 15) is 0 Å². The molecule has 0 spiro atoms. The van der Waals surface area contributed by atoms with Crippen molar-refractivity contribution in [3.63, 3.8) is 0 Å². The number of hydrogen-bond acceptors (Lipinski definition) is 3. The lowest BCUT2D eigenvalue weighted by molar-refractivity contribution is 0.0111. The molecule has 0 aromatic heterocycles. The van der Waals surface area contributed by atoms with Gasteiger partial charge < -0.3 is 15.0 Å². The van der Waals surface area contributed by atoms with Gasteiger partial charge in [0.05, 0.1) is 6.10 Å². The fourth-order valence-corrected chi connectivity index (χ4v) is 2.19. The van der Waals surface area contributed by atoms with E-state index in [0.717, 1.165) is 26.2 Å². The van der Waals surface area contributed by atoms with E-state index < -0.39 is 0 Å². The largest absolute Gasteiger partial charge is 0.378 e. The Morgan fingerprint density at radius 2 is 2.25 bits per heavy atom. The van der Waals surface area contributed by atoms with Crippen LogP contribution in [0.15, 0.2) is 0 Å². The maximum absolute atomic E-state index is 5.71. The predicted molar refractivity (Wildman–Crippen MR) is 68.8 cm³/mol. The van der Waals surface area contributed by atoms with E-state index in [-0.39, 0.29) is 0 Å². The second-order valence-corrected chi connectivity index (χ2v) is 4.99. The first-order valence-corrected chi connectivity index (χ1v) is 6.76. The molecule has 1 rings (SSSR count). The standard InChI is InChI=1S/C13H28N2O/c1-4-15(3)11-12(2)14-9-8-13-7-5-6-10-16-13/h12-14H,4-11H2,1-3H3. The Balaban J connectivity index is 2.00. The quantitative estimate of drug-likeness (QED) is 0.720. The van der Waals surface area contributed by atoms with Crippen LogP contribution in [0, 0.1) is 0 Å². The SMILES string of the molecule is CCN(C)CC(C)NCCC1CCCCO1. The van der Waals surface area contributed by atoms with Crippen LogP contribution in [0.25, 0.3) is 0 Å². The average Bonchev–Trinajstić information content (AvgIpc) is 2.30. The van der Waals surface area contributed by atoms with Crippen molar-refractivity contribution in [2.45, 2.75) is 51.7 Å². The highest BCUT2D eigenvalue weighted by atomic mass is 16.5. The number of ether oxygens (including phenoxy) is 1. The molecular weight excluding hydrogens is 200 g/mol. The molecule has 0 bridgehead atoms. The monoisotopic (exact) mass is 228 g/mol. The summed E-state index contributed by atoms with van der Waals surface area (Å²) in [4.78, 5) is 2.34. The lowest BCUT2D eigenvalue weighted by atomic mass is 10.1. The summed E-state index contributed by atoms with van der Waals surface area (Å²) < 4.78 is 5.71. The second kappa shape index (κ2) is 8.04. The molecule has 0 saturated carbocycles. The van der Waals surface area contributed by atoms with Crippen molar-refractivity contribution in [1.82, 2.24) is 10.2 Å². The van der Waals surface area contributed by atoms with E-state index in [1.54, 1.807) is 0 Å². The lowest BCUT2D eigenvalue weighted by Gasteiger charge is -2.24. The van der Waals surface area contributed by atoms with Gasteiger partial charge in [0.2, 0.25) is 0 Å². The van der Waals surface area contributed by atoms with Crippen molar-refractivity contribution in [3.8, 4) is 0 Å². The summed E-state index contributed by atoms with van der Waals surface area (Å²) in [5, 5.41) is 3.57. The van der Waals surface area contributed by atoms with E-state index in [0.29, 0.717) is 12.1 Å². The van der Waals surface area contributed by atoms with Gasteiger partial charge in [-0.1, -0.05) is 6.92 Å². The van der Waals surface area contributed by atoms with Crippen molar-refractivity contribution in [3.05, 3.63) is 0 Å². The maximum Gasteiger partial charge on any atom is 0.0587 e. The fraction of sp³-hybridized carbons (Fsp3) is 1.00. The topological polar surface area (TPSA) is 24.5 Å². The third kappa shape index (κ3) is 5.83. The van der Waals surface area contributed by atoms with Crippen LogP contribution in [0.3, 0.4) is 0 Å². The lowest BCUT2D eigenvalue weighted by Crippen LogP contribution is -2.38. The highest BCUT2D eigenvalue weighted by molar-refractivity contribution is 4.69. The molecule has 96 valence electrons. The zero-order chi connectivity index (χ0) is 11.8. The first kappa shape index (κ1) is 13.9. The zero-order valence-corrected chi connectivity index (χ0v) is 11.2. The average molecular weight is 228 g/mol. The first-order chi connectivity index (χ1) is 7.72. The Bertz CT molecular complexity index is 169. The normalized spacial score (nSPS) is 23.6. The molecule has 1 aliphatic rings. The van der Waals surface area contributed by atoms with E-state index in [2.05, 4.69) is 31.1 Å². The fourth-order valence-electron chi connectivity index (χ4n) is 2.19. The molecule has 0 amide bonds. The van der Waals surface area contributed by atoms with Crippen molar-refractivity contribution < 1.29 is 4.74 Å². The molecule has 1 aliphatic heterocycles. The molecule has 0 radical (unpaired) electrons. The van der Waals surface area contributed by atoms with Crippen LogP contribution in [0.4, 0.5) is 0 Å². The summed E-state index contributed by atoms with van der Waals surface area (Å²) in [6.07, 6.45) is 5.53. The van der Waals surface area contributed by atoms with Crippen LogP contribution < -0.4 is 5.32 Å². The first-order valence-electron chi connectivity index (χ1n) is 6.76. The van der Waals surface area contributed by atoms with Crippen LogP contribution in [0.1, 0.15) is 39.5 Å². The molecule has 0 aliphatic carbocycles. The molecule has 0 aromatic carbocycles. The summed E-state index contributed by atoms with van der Waals surface area (Å²) in [5.41, 5.74) is 0. The number of hydrogen-bond donors (Lipinski definition) is 1. The van der Waals surface area contributed by atoms with Gasteiger partial charge in [0, 0.05) is 19.2 Å². The smallest absolute Gasteiger partial charge is 0.0587 e. The molecule has 3 heteroatoms. The Morgan fingerprint density at radius 3 is 2.88 bits per heavy atom. The second-order valence-electron chi connectivity index (χ2n) is 4.99. The highest BCUT2D eigenvalue weighted by Crippen LogP contribution is 2.14. The molecule has 1 fully saturated rings. The molecule has 2 unspecified atom stereocenters. The Labute approximate surface area is 101 Å². The third-order valence-corrected chi connectivity index (χ3v) is 3.36. The summed E-state index contributed by atoms with van der Waals surface area (Å²) in [6.45, 7) is 8.76. The minimum absolute atomic E-state index is 0.511. The van der Waals surface area contributed by atoms with Crippen LogP contribution in [0.5, 0.6) is 0 Å². The van der Waals surface area contributed by atoms with Gasteiger partial charge in [0.1, 0.15) is 0 Å². The van der Waals surface area contributed by atoms with E-state index in [4.69, 9.17) is 4.74 Å². The summed E-state index contributed by atoms with van der Waals surface area (Å²) in [6, 6.07) is 0.577. The zero-order valence-electron chi connectivity index (χ0n) is 11.2. The molecule has 1 saturated heterocycles. The van der Waals surface area contributed by atoms with Gasteiger partial charge in [0.25, 0.3) is 0 Å². The minimum atomic E-state index is 0.511. The Hall–Kier alpha value is -0.120. The third-order valence-electron chi connectivity index (χ3n) is 3.36. The predicted octanol–water partition coefficient (Wildman–Crippen LogP) is 1.88. The number of likely N-dealkylation sites (N-methyl/N-ethyl adjacent to an activating group) is 1. The van der Waals surface area contributed by atoms with Gasteiger partial charge in [-0.2, -0.15) is 0 Å². The molecule has 3 nitrogen and oxygen atoms in total. The van der Waals surface area contributed by atoms with Crippen molar-refractivity contribution >= 4 is 0 Å². The molecule has 1 heterocycles. The van der Waals surface area contributed by atoms with Gasteiger partial charge in [-0.25, -0.2) is 0 Å². The highest BCUT2D eigenvalue weighted by Gasteiger charge is 2.13. The molecule has 1 N–H and O–H groups in total. The minimum Gasteiger partial charge on any atom is -0.378 e. The molecule has 2 atom stereocenters. The van der Waals surface area contributed by atoms with Gasteiger partial charge in [-0.05, 0) is 52.7 Å². The summed E-state index contributed by atoms with van der Waals surface area (Å²) in [5.74, 6) is 0. The van der Waals surface area contributed by atoms with Crippen molar-refractivity contribution in [1.29, 1.82) is 0 Å². The number of rotatable bonds is 7. The van der Waals surface area contributed by atoms with E-state index >= 15 is 0 Å². The summed E-state index contributed by atoms with van der Waals surface area (Å²) >= 11 is 0. The van der Waals surface area contributed by atoms with Crippen molar-refractivity contribution in [2.75, 3.05) is 33.3 Å². The molecular formula is C13H28N2O. The Kier molecular flexibility index (Phi) is 7.01. The van der Waals surface area contributed by atoms with E-state index in [1.807, 2.05) is 0 Å². The number of nitrogens with zero attached hydrogens (tertiary/aromatic N) is 1. The van der Waals surface area contributed by atoms with Gasteiger partial charge in [-0.3, -0.25) is 0 Å². The maximum atomic E-state index is 5.71. The van der Waals surface area contributed by atoms with Gasteiger partial charge >= 0.3 is 0 Å². The molecule has 0 aromatic rings. The summed E-state index contributed by atoms with van der Waals surface area (Å²) in [7, 11) is 2.17. The van der Waals surface area contributed by atoms with Crippen LogP contribution >= 0.6 is 0 Å². The molecule has 16 heavy (non-hydrogen) atoms. The van der Waals surface area contributed by atoms with Crippen molar-refractivity contribution in [2.24, 2.45) is 0 Å². The van der Waals surface area contributed by atoms with Crippen LogP contribution in [-0.4, -0.2) is 50.3 Å². The Morgan fingerprint density at radius 1 is 1.44 bits per heavy atom.